The van der Waals surface area contributed by atoms with Gasteiger partial charge in [-0.3, -0.25) is 9.69 Å². The van der Waals surface area contributed by atoms with Crippen LogP contribution in [-0.4, -0.2) is 42.0 Å². The number of likely N-dealkylation sites (tertiary alicyclic amines) is 1. The van der Waals surface area contributed by atoms with Crippen molar-refractivity contribution >= 4 is 27.2 Å². The van der Waals surface area contributed by atoms with Crippen LogP contribution in [0.25, 0.3) is 21.2 Å². The van der Waals surface area contributed by atoms with Gasteiger partial charge in [0.25, 0.3) is 0 Å². The number of carbonyl (C=O) groups is 1. The molecule has 0 saturated carbocycles. The fraction of sp³-hybridized carbons (Fsp3) is 0.323. The highest BCUT2D eigenvalue weighted by atomic mass is 32.1. The van der Waals surface area contributed by atoms with E-state index in [2.05, 4.69) is 30.9 Å². The van der Waals surface area contributed by atoms with Crippen LogP contribution >= 0.6 is 11.3 Å². The van der Waals surface area contributed by atoms with Crippen LogP contribution in [0.3, 0.4) is 0 Å². The maximum absolute atomic E-state index is 13.9. The van der Waals surface area contributed by atoms with E-state index in [0.717, 1.165) is 74.8 Å². The number of phenolic OH excluding ortho intramolecular Hbond substituents is 1. The Morgan fingerprint density at radius 3 is 2.44 bits per heavy atom. The summed E-state index contributed by atoms with van der Waals surface area (Å²) in [5.41, 5.74) is 5.77. The van der Waals surface area contributed by atoms with Gasteiger partial charge in [0.1, 0.15) is 18.1 Å². The van der Waals surface area contributed by atoms with Crippen molar-refractivity contribution in [2.75, 3.05) is 26.2 Å². The Labute approximate surface area is 217 Å². The zero-order chi connectivity index (χ0) is 25.4. The van der Waals surface area contributed by atoms with E-state index in [1.165, 1.54) is 17.8 Å². The predicted octanol–water partition coefficient (Wildman–Crippen LogP) is 7.15. The van der Waals surface area contributed by atoms with E-state index in [4.69, 9.17) is 4.74 Å². The SMILES string of the molecule is Cc1cc(C)c(C(=O)c2sc3cc(O)ccc3c2-c2ccc(OCCN3CCC(C)C3)cc2)c(C)c1. The first-order valence-corrected chi connectivity index (χ1v) is 13.5. The van der Waals surface area contributed by atoms with Gasteiger partial charge in [-0.1, -0.05) is 36.8 Å². The number of aryl methyl sites for hydroxylation is 3. The first-order valence-electron chi connectivity index (χ1n) is 12.6. The van der Waals surface area contributed by atoms with Crippen molar-refractivity contribution in [3.8, 4) is 22.6 Å². The Morgan fingerprint density at radius 1 is 1.06 bits per heavy atom. The molecule has 2 heterocycles. The van der Waals surface area contributed by atoms with Gasteiger partial charge < -0.3 is 9.84 Å². The molecule has 1 fully saturated rings. The van der Waals surface area contributed by atoms with Gasteiger partial charge in [-0.15, -0.1) is 11.3 Å². The Hall–Kier alpha value is -3.15. The van der Waals surface area contributed by atoms with E-state index in [1.807, 2.05) is 44.2 Å². The van der Waals surface area contributed by atoms with E-state index < -0.39 is 0 Å². The Morgan fingerprint density at radius 2 is 1.78 bits per heavy atom. The molecule has 1 unspecified atom stereocenters. The Balaban J connectivity index is 1.46. The summed E-state index contributed by atoms with van der Waals surface area (Å²) in [7, 11) is 0. The lowest BCUT2D eigenvalue weighted by atomic mass is 9.92. The molecule has 36 heavy (non-hydrogen) atoms. The molecule has 5 rings (SSSR count). The molecule has 0 amide bonds. The molecule has 1 aliphatic heterocycles. The van der Waals surface area contributed by atoms with Crippen molar-refractivity contribution in [1.82, 2.24) is 4.90 Å². The van der Waals surface area contributed by atoms with E-state index in [-0.39, 0.29) is 11.5 Å². The van der Waals surface area contributed by atoms with Gasteiger partial charge in [-0.25, -0.2) is 0 Å². The van der Waals surface area contributed by atoms with Gasteiger partial charge in [0.2, 0.25) is 5.78 Å². The van der Waals surface area contributed by atoms with Crippen molar-refractivity contribution in [3.63, 3.8) is 0 Å². The van der Waals surface area contributed by atoms with Gasteiger partial charge >= 0.3 is 0 Å². The fourth-order valence-electron chi connectivity index (χ4n) is 5.42. The molecule has 1 saturated heterocycles. The number of carbonyl (C=O) groups excluding carboxylic acids is 1. The average molecular weight is 500 g/mol. The number of rotatable bonds is 7. The van der Waals surface area contributed by atoms with Crippen LogP contribution in [0.15, 0.2) is 54.6 Å². The third kappa shape index (κ3) is 4.91. The second-order valence-corrected chi connectivity index (χ2v) is 11.2. The number of ether oxygens (including phenoxy) is 1. The van der Waals surface area contributed by atoms with E-state index in [0.29, 0.717) is 11.5 Å². The van der Waals surface area contributed by atoms with E-state index in [1.54, 1.807) is 12.1 Å². The molecule has 1 aromatic heterocycles. The summed E-state index contributed by atoms with van der Waals surface area (Å²) in [5, 5.41) is 11.1. The number of benzene rings is 3. The number of fused-ring (bicyclic) bond motifs is 1. The molecule has 186 valence electrons. The maximum atomic E-state index is 13.9. The Bertz CT molecular complexity index is 1400. The number of hydrogen-bond acceptors (Lipinski definition) is 5. The van der Waals surface area contributed by atoms with Crippen LogP contribution < -0.4 is 4.74 Å². The monoisotopic (exact) mass is 499 g/mol. The second kappa shape index (κ2) is 10.1. The van der Waals surface area contributed by atoms with Crippen molar-refractivity contribution < 1.29 is 14.6 Å². The smallest absolute Gasteiger partial charge is 0.204 e. The lowest BCUT2D eigenvalue weighted by Crippen LogP contribution is -2.25. The van der Waals surface area contributed by atoms with E-state index in [9.17, 15) is 9.90 Å². The van der Waals surface area contributed by atoms with Gasteiger partial charge in [0.15, 0.2) is 0 Å². The first kappa shape index (κ1) is 24.5. The van der Waals surface area contributed by atoms with Crippen LogP contribution in [-0.2, 0) is 0 Å². The molecule has 0 aliphatic carbocycles. The number of thiophene rings is 1. The minimum absolute atomic E-state index is 0.0286. The lowest BCUT2D eigenvalue weighted by Gasteiger charge is -2.16. The number of hydrogen-bond donors (Lipinski definition) is 1. The molecule has 4 nitrogen and oxygen atoms in total. The van der Waals surface area contributed by atoms with E-state index >= 15 is 0 Å². The summed E-state index contributed by atoms with van der Waals surface area (Å²) in [5.74, 6) is 1.84. The highest BCUT2D eigenvalue weighted by Crippen LogP contribution is 2.42. The Kier molecular flexibility index (Phi) is 6.87. The lowest BCUT2D eigenvalue weighted by molar-refractivity contribution is 0.104. The first-order chi connectivity index (χ1) is 17.3. The molecule has 3 aromatic carbocycles. The van der Waals surface area contributed by atoms with Crippen molar-refractivity contribution in [3.05, 3.63) is 81.7 Å². The number of ketones is 1. The van der Waals surface area contributed by atoms with Gasteiger partial charge in [-0.05, 0) is 86.7 Å². The predicted molar refractivity (Wildman–Crippen MR) is 149 cm³/mol. The molecular formula is C31H33NO3S. The van der Waals surface area contributed by atoms with Crippen molar-refractivity contribution in [1.29, 1.82) is 0 Å². The summed E-state index contributed by atoms with van der Waals surface area (Å²) in [6, 6.07) is 17.5. The minimum Gasteiger partial charge on any atom is -0.508 e. The third-order valence-electron chi connectivity index (χ3n) is 7.11. The van der Waals surface area contributed by atoms with Gasteiger partial charge in [0, 0.05) is 34.3 Å². The van der Waals surface area contributed by atoms with Gasteiger partial charge in [-0.2, -0.15) is 0 Å². The normalized spacial score (nSPS) is 16.1. The quantitative estimate of drug-likeness (QED) is 0.274. The number of phenols is 1. The summed E-state index contributed by atoms with van der Waals surface area (Å²) < 4.78 is 6.93. The number of nitrogens with zero attached hydrogens (tertiary/aromatic N) is 1. The van der Waals surface area contributed by atoms with Crippen molar-refractivity contribution in [2.24, 2.45) is 5.92 Å². The van der Waals surface area contributed by atoms with Crippen molar-refractivity contribution in [2.45, 2.75) is 34.1 Å². The highest BCUT2D eigenvalue weighted by Gasteiger charge is 2.24. The molecule has 1 N–H and O–H groups in total. The standard InChI is InChI=1S/C31H33NO3S/c1-19-11-12-32(18-19)13-14-35-25-8-5-23(6-9-25)29-26-10-7-24(33)17-27(26)36-31(29)30(34)28-21(3)15-20(2)16-22(28)4/h5-10,15-17,19,33H,11-14,18H2,1-4H3. The maximum Gasteiger partial charge on any atom is 0.204 e. The van der Waals surface area contributed by atoms with Crippen LogP contribution in [0.4, 0.5) is 0 Å². The molecule has 1 aliphatic rings. The van der Waals surface area contributed by atoms with Crippen LogP contribution in [0, 0.1) is 26.7 Å². The van der Waals surface area contributed by atoms with Crippen LogP contribution in [0.5, 0.6) is 11.5 Å². The third-order valence-corrected chi connectivity index (χ3v) is 8.26. The number of aromatic hydroxyl groups is 1. The fourth-order valence-corrected chi connectivity index (χ4v) is 6.63. The zero-order valence-corrected chi connectivity index (χ0v) is 22.2. The minimum atomic E-state index is 0.0286. The average Bonchev–Trinajstić information content (AvgIpc) is 3.41. The summed E-state index contributed by atoms with van der Waals surface area (Å²) in [4.78, 5) is 17.1. The van der Waals surface area contributed by atoms with Crippen LogP contribution in [0.2, 0.25) is 0 Å². The van der Waals surface area contributed by atoms with Crippen LogP contribution in [0.1, 0.15) is 45.3 Å². The molecule has 5 heteroatoms. The highest BCUT2D eigenvalue weighted by molar-refractivity contribution is 7.21. The molecule has 0 spiro atoms. The molecule has 1 atom stereocenters. The second-order valence-electron chi connectivity index (χ2n) is 10.2. The molecular weight excluding hydrogens is 466 g/mol. The molecule has 4 aromatic rings. The summed E-state index contributed by atoms with van der Waals surface area (Å²) >= 11 is 1.44. The molecule has 0 bridgehead atoms. The topological polar surface area (TPSA) is 49.8 Å². The molecule has 0 radical (unpaired) electrons. The largest absolute Gasteiger partial charge is 0.508 e. The summed E-state index contributed by atoms with van der Waals surface area (Å²) in [6.07, 6.45) is 1.27. The van der Waals surface area contributed by atoms with Gasteiger partial charge in [0.05, 0.1) is 4.88 Å². The zero-order valence-electron chi connectivity index (χ0n) is 21.4. The summed E-state index contributed by atoms with van der Waals surface area (Å²) in [6.45, 7) is 12.3.